The fourth-order valence-electron chi connectivity index (χ4n) is 1.74. The van der Waals surface area contributed by atoms with Gasteiger partial charge in [0.05, 0.1) is 5.92 Å². The molecule has 2 unspecified atom stereocenters. The normalized spacial score (nSPS) is 14.0. The first-order valence-corrected chi connectivity index (χ1v) is 6.88. The van der Waals surface area contributed by atoms with Crippen LogP contribution in [0.4, 0.5) is 5.69 Å². The Morgan fingerprint density at radius 2 is 1.95 bits per heavy atom. The van der Waals surface area contributed by atoms with Gasteiger partial charge >= 0.3 is 5.97 Å². The van der Waals surface area contributed by atoms with E-state index in [1.807, 2.05) is 29.6 Å². The van der Waals surface area contributed by atoms with Gasteiger partial charge in [0.2, 0.25) is 5.91 Å². The van der Waals surface area contributed by atoms with Crippen LogP contribution in [0.25, 0.3) is 10.1 Å². The topological polar surface area (TPSA) is 66.4 Å². The molecule has 0 saturated carbocycles. The molecule has 0 aliphatic rings. The molecule has 2 atom stereocenters. The van der Waals surface area contributed by atoms with E-state index in [1.165, 1.54) is 6.92 Å². The largest absolute Gasteiger partial charge is 0.481 e. The van der Waals surface area contributed by atoms with Crippen LogP contribution in [0.5, 0.6) is 0 Å². The number of hydrogen-bond donors (Lipinski definition) is 2. The van der Waals surface area contributed by atoms with Crippen LogP contribution in [0.3, 0.4) is 0 Å². The quantitative estimate of drug-likeness (QED) is 0.902. The van der Waals surface area contributed by atoms with Crippen molar-refractivity contribution in [2.24, 2.45) is 11.8 Å². The summed E-state index contributed by atoms with van der Waals surface area (Å²) in [4.78, 5) is 22.8. The molecular formula is C14H15NO3S. The lowest BCUT2D eigenvalue weighted by Gasteiger charge is -2.15. The molecule has 2 rings (SSSR count). The Labute approximate surface area is 115 Å². The highest BCUT2D eigenvalue weighted by atomic mass is 32.1. The van der Waals surface area contributed by atoms with Gasteiger partial charge in [0.1, 0.15) is 0 Å². The summed E-state index contributed by atoms with van der Waals surface area (Å²) in [7, 11) is 0. The van der Waals surface area contributed by atoms with Crippen molar-refractivity contribution in [3.05, 3.63) is 29.6 Å². The maximum atomic E-state index is 12.0. The number of nitrogens with one attached hydrogen (secondary N) is 1. The van der Waals surface area contributed by atoms with Crippen molar-refractivity contribution in [2.75, 3.05) is 5.32 Å². The average Bonchev–Trinajstić information content (AvgIpc) is 2.84. The Kier molecular flexibility index (Phi) is 3.85. The Morgan fingerprint density at radius 3 is 2.63 bits per heavy atom. The molecule has 0 bridgehead atoms. The van der Waals surface area contributed by atoms with Crippen LogP contribution in [0, 0.1) is 11.8 Å². The Balaban J connectivity index is 2.11. The Morgan fingerprint density at radius 1 is 1.21 bits per heavy atom. The Bertz CT molecular complexity index is 620. The Hall–Kier alpha value is -1.88. The fraction of sp³-hybridized carbons (Fsp3) is 0.286. The highest BCUT2D eigenvalue weighted by Gasteiger charge is 2.25. The van der Waals surface area contributed by atoms with Gasteiger partial charge in [-0.15, -0.1) is 11.3 Å². The maximum absolute atomic E-state index is 12.0. The molecule has 4 nitrogen and oxygen atoms in total. The summed E-state index contributed by atoms with van der Waals surface area (Å²) in [6.07, 6.45) is 0. The molecule has 2 N–H and O–H groups in total. The lowest BCUT2D eigenvalue weighted by atomic mass is 9.95. The van der Waals surface area contributed by atoms with E-state index in [1.54, 1.807) is 18.3 Å². The van der Waals surface area contributed by atoms with Crippen LogP contribution < -0.4 is 5.32 Å². The number of carboxylic acid groups (broad SMARTS) is 1. The van der Waals surface area contributed by atoms with Gasteiger partial charge in [0.25, 0.3) is 0 Å². The molecule has 0 saturated heterocycles. The number of hydrogen-bond acceptors (Lipinski definition) is 3. The van der Waals surface area contributed by atoms with Gasteiger partial charge in [-0.3, -0.25) is 9.59 Å². The van der Waals surface area contributed by atoms with E-state index < -0.39 is 17.8 Å². The van der Waals surface area contributed by atoms with Crippen molar-refractivity contribution in [1.82, 2.24) is 0 Å². The third-order valence-corrected chi connectivity index (χ3v) is 4.17. The standard InChI is InChI=1S/C14H15NO3S/c1-8(9(2)14(17)18)13(16)15-11-3-4-12-10(7-11)5-6-19-12/h3-9H,1-2H3,(H,15,16)(H,17,18). The highest BCUT2D eigenvalue weighted by molar-refractivity contribution is 7.17. The van der Waals surface area contributed by atoms with Crippen molar-refractivity contribution in [1.29, 1.82) is 0 Å². The van der Waals surface area contributed by atoms with Crippen LogP contribution in [0.15, 0.2) is 29.6 Å². The molecule has 0 aliphatic heterocycles. The van der Waals surface area contributed by atoms with Crippen LogP contribution in [-0.2, 0) is 9.59 Å². The third-order valence-electron chi connectivity index (χ3n) is 3.27. The fourth-order valence-corrected chi connectivity index (χ4v) is 2.51. The summed E-state index contributed by atoms with van der Waals surface area (Å²) < 4.78 is 1.16. The number of fused-ring (bicyclic) bond motifs is 1. The molecule has 0 radical (unpaired) electrons. The lowest BCUT2D eigenvalue weighted by molar-refractivity contribution is -0.145. The number of carbonyl (C=O) groups excluding carboxylic acids is 1. The molecule has 19 heavy (non-hydrogen) atoms. The molecule has 2 aromatic rings. The SMILES string of the molecule is CC(C(=O)O)C(C)C(=O)Nc1ccc2sccc2c1. The summed E-state index contributed by atoms with van der Waals surface area (Å²) in [5, 5.41) is 14.7. The van der Waals surface area contributed by atoms with Crippen LogP contribution in [0.1, 0.15) is 13.8 Å². The first-order chi connectivity index (χ1) is 8.99. The molecule has 1 aromatic heterocycles. The van der Waals surface area contributed by atoms with Crippen molar-refractivity contribution >= 4 is 39.0 Å². The van der Waals surface area contributed by atoms with Gasteiger partial charge in [0, 0.05) is 16.3 Å². The predicted octanol–water partition coefficient (Wildman–Crippen LogP) is 3.20. The molecular weight excluding hydrogens is 262 g/mol. The van der Waals surface area contributed by atoms with Crippen molar-refractivity contribution in [2.45, 2.75) is 13.8 Å². The monoisotopic (exact) mass is 277 g/mol. The van der Waals surface area contributed by atoms with Crippen molar-refractivity contribution < 1.29 is 14.7 Å². The molecule has 0 spiro atoms. The number of anilines is 1. The van der Waals surface area contributed by atoms with Gasteiger partial charge in [-0.1, -0.05) is 13.8 Å². The van der Waals surface area contributed by atoms with Crippen LogP contribution >= 0.6 is 11.3 Å². The van der Waals surface area contributed by atoms with E-state index in [4.69, 9.17) is 5.11 Å². The zero-order chi connectivity index (χ0) is 14.0. The minimum absolute atomic E-state index is 0.274. The zero-order valence-corrected chi connectivity index (χ0v) is 11.5. The molecule has 1 aromatic carbocycles. The average molecular weight is 277 g/mol. The van der Waals surface area contributed by atoms with E-state index in [0.29, 0.717) is 5.69 Å². The minimum Gasteiger partial charge on any atom is -0.481 e. The van der Waals surface area contributed by atoms with Gasteiger partial charge in [-0.2, -0.15) is 0 Å². The van der Waals surface area contributed by atoms with Gasteiger partial charge in [-0.05, 0) is 35.0 Å². The van der Waals surface area contributed by atoms with Crippen LogP contribution in [0.2, 0.25) is 0 Å². The van der Waals surface area contributed by atoms with Gasteiger partial charge in [-0.25, -0.2) is 0 Å². The lowest BCUT2D eigenvalue weighted by Crippen LogP contribution is -2.29. The second kappa shape index (κ2) is 5.40. The molecule has 100 valence electrons. The summed E-state index contributed by atoms with van der Waals surface area (Å²) in [6, 6.07) is 7.65. The van der Waals surface area contributed by atoms with Crippen LogP contribution in [-0.4, -0.2) is 17.0 Å². The number of carboxylic acids is 1. The van der Waals surface area contributed by atoms with E-state index in [-0.39, 0.29) is 5.91 Å². The molecule has 1 heterocycles. The number of aliphatic carboxylic acids is 1. The van der Waals surface area contributed by atoms with Gasteiger partial charge in [0.15, 0.2) is 0 Å². The smallest absolute Gasteiger partial charge is 0.307 e. The summed E-state index contributed by atoms with van der Waals surface area (Å²) >= 11 is 1.64. The second-order valence-corrected chi connectivity index (χ2v) is 5.53. The van der Waals surface area contributed by atoms with Crippen molar-refractivity contribution in [3.63, 3.8) is 0 Å². The molecule has 5 heteroatoms. The molecule has 0 aliphatic carbocycles. The zero-order valence-electron chi connectivity index (χ0n) is 10.7. The predicted molar refractivity (Wildman–Crippen MR) is 76.4 cm³/mol. The third kappa shape index (κ3) is 2.93. The number of rotatable bonds is 4. The van der Waals surface area contributed by atoms with E-state index in [2.05, 4.69) is 5.32 Å². The van der Waals surface area contributed by atoms with E-state index >= 15 is 0 Å². The molecule has 0 fully saturated rings. The maximum Gasteiger partial charge on any atom is 0.307 e. The van der Waals surface area contributed by atoms with Gasteiger partial charge < -0.3 is 10.4 Å². The summed E-state index contributed by atoms with van der Waals surface area (Å²) in [5.41, 5.74) is 0.695. The number of amides is 1. The second-order valence-electron chi connectivity index (χ2n) is 4.58. The van der Waals surface area contributed by atoms with E-state index in [9.17, 15) is 9.59 Å². The first kappa shape index (κ1) is 13.5. The number of thiophene rings is 1. The number of benzene rings is 1. The number of carbonyl (C=O) groups is 2. The first-order valence-electron chi connectivity index (χ1n) is 6.00. The summed E-state index contributed by atoms with van der Waals surface area (Å²) in [5.74, 6) is -2.51. The minimum atomic E-state index is -0.962. The summed E-state index contributed by atoms with van der Waals surface area (Å²) in [6.45, 7) is 3.16. The van der Waals surface area contributed by atoms with Crippen molar-refractivity contribution in [3.8, 4) is 0 Å². The van der Waals surface area contributed by atoms with E-state index in [0.717, 1.165) is 10.1 Å². The molecule has 1 amide bonds. The highest BCUT2D eigenvalue weighted by Crippen LogP contribution is 2.24.